The van der Waals surface area contributed by atoms with E-state index in [1.54, 1.807) is 36.0 Å². The molecule has 0 bridgehead atoms. The van der Waals surface area contributed by atoms with Gasteiger partial charge in [0.25, 0.3) is 5.91 Å². The van der Waals surface area contributed by atoms with Gasteiger partial charge in [0.05, 0.1) is 17.9 Å². The molecule has 0 atom stereocenters. The second kappa shape index (κ2) is 5.18. The van der Waals surface area contributed by atoms with E-state index in [1.807, 2.05) is 6.92 Å². The van der Waals surface area contributed by atoms with Crippen LogP contribution in [0.5, 0.6) is 0 Å². The molecule has 0 unspecified atom stereocenters. The van der Waals surface area contributed by atoms with Crippen molar-refractivity contribution in [2.24, 2.45) is 7.05 Å². The summed E-state index contributed by atoms with van der Waals surface area (Å²) in [6.07, 6.45) is 0. The summed E-state index contributed by atoms with van der Waals surface area (Å²) in [6, 6.07) is 7.03. The summed E-state index contributed by atoms with van der Waals surface area (Å²) in [7, 11) is 1.74. The maximum Gasteiger partial charge on any atom is 0.269 e. The zero-order valence-corrected chi connectivity index (χ0v) is 10.9. The Morgan fingerprint density at radius 2 is 2.28 bits per heavy atom. The van der Waals surface area contributed by atoms with Crippen LogP contribution >= 0.6 is 11.6 Å². The van der Waals surface area contributed by atoms with E-state index in [9.17, 15) is 4.79 Å². The molecule has 2 aromatic heterocycles. The van der Waals surface area contributed by atoms with Gasteiger partial charge in [0.15, 0.2) is 0 Å². The number of aromatic nitrogens is 3. The van der Waals surface area contributed by atoms with Crippen LogP contribution in [0.4, 0.5) is 0 Å². The summed E-state index contributed by atoms with van der Waals surface area (Å²) in [5.41, 5.74) is 2.05. The molecule has 2 aromatic rings. The maximum absolute atomic E-state index is 11.9. The number of hydrogen-bond donors (Lipinski definition) is 1. The number of nitrogens with one attached hydrogen (secondary N) is 1. The van der Waals surface area contributed by atoms with Gasteiger partial charge < -0.3 is 5.32 Å². The van der Waals surface area contributed by atoms with Crippen molar-refractivity contribution < 1.29 is 4.79 Å². The van der Waals surface area contributed by atoms with E-state index in [0.717, 1.165) is 11.4 Å². The number of aryl methyl sites for hydroxylation is 2. The Balaban J connectivity index is 2.03. The molecule has 5 nitrogen and oxygen atoms in total. The summed E-state index contributed by atoms with van der Waals surface area (Å²) in [4.78, 5) is 16.0. The normalized spacial score (nSPS) is 10.4. The molecule has 18 heavy (non-hydrogen) atoms. The maximum atomic E-state index is 11.9. The number of carbonyl (C=O) groups is 1. The van der Waals surface area contributed by atoms with Crippen molar-refractivity contribution in [1.29, 1.82) is 0 Å². The fourth-order valence-electron chi connectivity index (χ4n) is 1.63. The fraction of sp³-hybridized carbons (Fsp3) is 0.250. The molecule has 6 heteroatoms. The highest BCUT2D eigenvalue weighted by molar-refractivity contribution is 6.29. The Hall–Kier alpha value is -1.88. The predicted molar refractivity (Wildman–Crippen MR) is 68.4 cm³/mol. The monoisotopic (exact) mass is 264 g/mol. The van der Waals surface area contributed by atoms with E-state index in [2.05, 4.69) is 15.4 Å². The molecular formula is C12H13ClN4O. The van der Waals surface area contributed by atoms with Crippen LogP contribution in [0.1, 0.15) is 21.9 Å². The van der Waals surface area contributed by atoms with Crippen LogP contribution in [0, 0.1) is 6.92 Å². The zero-order valence-electron chi connectivity index (χ0n) is 10.1. The van der Waals surface area contributed by atoms with Crippen LogP contribution in [-0.4, -0.2) is 20.7 Å². The van der Waals surface area contributed by atoms with Gasteiger partial charge in [0, 0.05) is 7.05 Å². The van der Waals surface area contributed by atoms with Crippen LogP contribution in [0.3, 0.4) is 0 Å². The van der Waals surface area contributed by atoms with E-state index in [1.165, 1.54) is 0 Å². The molecule has 1 amide bonds. The second-order valence-electron chi connectivity index (χ2n) is 3.93. The van der Waals surface area contributed by atoms with Crippen LogP contribution in [0.2, 0.25) is 5.15 Å². The Labute approximate surface area is 110 Å². The Morgan fingerprint density at radius 1 is 1.50 bits per heavy atom. The Morgan fingerprint density at radius 3 is 2.89 bits per heavy atom. The van der Waals surface area contributed by atoms with Gasteiger partial charge in [-0.15, -0.1) is 0 Å². The first kappa shape index (κ1) is 12.6. The van der Waals surface area contributed by atoms with Crippen LogP contribution in [0.15, 0.2) is 24.3 Å². The van der Waals surface area contributed by atoms with E-state index in [0.29, 0.717) is 17.4 Å². The van der Waals surface area contributed by atoms with Crippen molar-refractivity contribution in [2.45, 2.75) is 13.5 Å². The zero-order chi connectivity index (χ0) is 13.1. The molecule has 0 saturated carbocycles. The SMILES string of the molecule is Cc1cc(C(=O)NCc2cccc(Cl)n2)n(C)n1. The number of rotatable bonds is 3. The molecule has 0 spiro atoms. The molecule has 0 fully saturated rings. The average molecular weight is 265 g/mol. The van der Waals surface area contributed by atoms with Crippen LogP contribution in [-0.2, 0) is 13.6 Å². The van der Waals surface area contributed by atoms with Crippen LogP contribution in [0.25, 0.3) is 0 Å². The van der Waals surface area contributed by atoms with E-state index in [4.69, 9.17) is 11.6 Å². The average Bonchev–Trinajstić information content (AvgIpc) is 2.66. The first-order chi connectivity index (χ1) is 8.56. The number of nitrogens with zero attached hydrogens (tertiary/aromatic N) is 3. The molecule has 0 saturated heterocycles. The van der Waals surface area contributed by atoms with Crippen molar-refractivity contribution in [1.82, 2.24) is 20.1 Å². The predicted octanol–water partition coefficient (Wildman–Crippen LogP) is 1.71. The molecule has 0 aliphatic carbocycles. The van der Waals surface area contributed by atoms with Gasteiger partial charge in [0.1, 0.15) is 10.8 Å². The van der Waals surface area contributed by atoms with E-state index >= 15 is 0 Å². The van der Waals surface area contributed by atoms with E-state index in [-0.39, 0.29) is 5.91 Å². The lowest BCUT2D eigenvalue weighted by Gasteiger charge is -2.05. The fourth-order valence-corrected chi connectivity index (χ4v) is 1.81. The van der Waals surface area contributed by atoms with Gasteiger partial charge in [0.2, 0.25) is 0 Å². The minimum atomic E-state index is -0.181. The first-order valence-electron chi connectivity index (χ1n) is 5.46. The first-order valence-corrected chi connectivity index (χ1v) is 5.84. The molecule has 1 N–H and O–H groups in total. The number of pyridine rings is 1. The topological polar surface area (TPSA) is 59.8 Å². The molecule has 0 aromatic carbocycles. The van der Waals surface area contributed by atoms with Gasteiger partial charge in [-0.1, -0.05) is 17.7 Å². The highest BCUT2D eigenvalue weighted by Gasteiger charge is 2.11. The van der Waals surface area contributed by atoms with E-state index < -0.39 is 0 Å². The summed E-state index contributed by atoms with van der Waals surface area (Å²) >= 11 is 5.77. The minimum Gasteiger partial charge on any atom is -0.345 e. The van der Waals surface area contributed by atoms with Crippen molar-refractivity contribution in [2.75, 3.05) is 0 Å². The highest BCUT2D eigenvalue weighted by Crippen LogP contribution is 2.06. The number of halogens is 1. The van der Waals surface area contributed by atoms with Gasteiger partial charge in [-0.05, 0) is 25.1 Å². The summed E-state index contributed by atoms with van der Waals surface area (Å²) < 4.78 is 1.55. The van der Waals surface area contributed by atoms with Gasteiger partial charge in [-0.3, -0.25) is 9.48 Å². The van der Waals surface area contributed by atoms with Gasteiger partial charge in [-0.25, -0.2) is 4.98 Å². The molecule has 2 heterocycles. The van der Waals surface area contributed by atoms with Crippen molar-refractivity contribution >= 4 is 17.5 Å². The molecule has 2 rings (SSSR count). The molecule has 0 aliphatic rings. The molecule has 94 valence electrons. The molecule has 0 radical (unpaired) electrons. The van der Waals surface area contributed by atoms with Gasteiger partial charge >= 0.3 is 0 Å². The lowest BCUT2D eigenvalue weighted by molar-refractivity contribution is 0.0941. The Bertz CT molecular complexity index is 579. The number of amides is 1. The summed E-state index contributed by atoms with van der Waals surface area (Å²) in [6.45, 7) is 2.18. The van der Waals surface area contributed by atoms with Crippen molar-refractivity contribution in [3.8, 4) is 0 Å². The smallest absolute Gasteiger partial charge is 0.269 e. The second-order valence-corrected chi connectivity index (χ2v) is 4.32. The number of hydrogen-bond acceptors (Lipinski definition) is 3. The summed E-state index contributed by atoms with van der Waals surface area (Å²) in [5.74, 6) is -0.181. The number of carbonyl (C=O) groups excluding carboxylic acids is 1. The molecule has 0 aliphatic heterocycles. The largest absolute Gasteiger partial charge is 0.345 e. The molecular weight excluding hydrogens is 252 g/mol. The third-order valence-electron chi connectivity index (χ3n) is 2.44. The lowest BCUT2D eigenvalue weighted by Crippen LogP contribution is -2.25. The third kappa shape index (κ3) is 2.87. The lowest BCUT2D eigenvalue weighted by atomic mass is 10.3. The minimum absolute atomic E-state index is 0.181. The third-order valence-corrected chi connectivity index (χ3v) is 2.65. The van der Waals surface area contributed by atoms with Crippen LogP contribution < -0.4 is 5.32 Å². The van der Waals surface area contributed by atoms with Gasteiger partial charge in [-0.2, -0.15) is 5.10 Å². The summed E-state index contributed by atoms with van der Waals surface area (Å²) in [5, 5.41) is 7.31. The van der Waals surface area contributed by atoms with Crippen molar-refractivity contribution in [3.63, 3.8) is 0 Å². The quantitative estimate of drug-likeness (QED) is 0.859. The standard InChI is InChI=1S/C12H13ClN4O/c1-8-6-10(17(2)16-8)12(18)14-7-9-4-3-5-11(13)15-9/h3-6H,7H2,1-2H3,(H,14,18). The highest BCUT2D eigenvalue weighted by atomic mass is 35.5. The van der Waals surface area contributed by atoms with Crippen molar-refractivity contribution in [3.05, 3.63) is 46.5 Å². The Kier molecular flexibility index (Phi) is 3.62.